The van der Waals surface area contributed by atoms with Crippen molar-refractivity contribution in [2.45, 2.75) is 6.18 Å². The van der Waals surface area contributed by atoms with Gasteiger partial charge in [-0.25, -0.2) is 9.37 Å². The Morgan fingerprint density at radius 3 is 2.66 bits per heavy atom. The molecule has 2 rings (SSSR count). The lowest BCUT2D eigenvalue weighted by Crippen LogP contribution is -2.24. The van der Waals surface area contributed by atoms with Gasteiger partial charge in [0, 0.05) is 24.9 Å². The van der Waals surface area contributed by atoms with Crippen molar-refractivity contribution in [2.75, 3.05) is 13.2 Å². The van der Waals surface area contributed by atoms with Gasteiger partial charge in [0.05, 0.1) is 16.1 Å². The number of pyridine rings is 1. The molecular formula is C17H12ClF4N3O4. The van der Waals surface area contributed by atoms with Gasteiger partial charge >= 0.3 is 6.18 Å². The molecule has 0 unspecified atom stereocenters. The molecule has 12 heteroatoms. The summed E-state index contributed by atoms with van der Waals surface area (Å²) in [7, 11) is 0. The molecule has 0 aliphatic heterocycles. The standard InChI is InChI=1S/C17H12ClF4N3O4/c18-13-7-10(17(20,21)22)9-24-16(13)29-6-2-1-5-23-15(26)12-8-11(25(27)28)3-4-14(12)19/h1-4,7-9H,5-6H2,(H,23,26)/b2-1-. The monoisotopic (exact) mass is 433 g/mol. The van der Waals surface area contributed by atoms with Gasteiger partial charge in [-0.1, -0.05) is 17.7 Å². The number of carbonyl (C=O) groups excluding carboxylic acids is 1. The Bertz CT molecular complexity index is 951. The Morgan fingerprint density at radius 2 is 2.03 bits per heavy atom. The number of nitro groups is 1. The molecule has 7 nitrogen and oxygen atoms in total. The molecule has 154 valence electrons. The molecule has 0 aliphatic carbocycles. The number of carbonyl (C=O) groups is 1. The first kappa shape index (κ1) is 22.1. The van der Waals surface area contributed by atoms with Gasteiger partial charge in [-0.3, -0.25) is 14.9 Å². The van der Waals surface area contributed by atoms with Gasteiger partial charge in [0.1, 0.15) is 17.4 Å². The minimum atomic E-state index is -4.58. The molecule has 0 radical (unpaired) electrons. The third-order valence-corrected chi connectivity index (χ3v) is 3.67. The van der Waals surface area contributed by atoms with Gasteiger partial charge in [-0.05, 0) is 18.2 Å². The second-order valence-electron chi connectivity index (χ2n) is 5.42. The van der Waals surface area contributed by atoms with Crippen molar-refractivity contribution < 1.29 is 32.0 Å². The maximum atomic E-state index is 13.6. The van der Waals surface area contributed by atoms with E-state index < -0.39 is 39.6 Å². The van der Waals surface area contributed by atoms with Crippen LogP contribution in [0.2, 0.25) is 5.02 Å². The molecule has 0 spiro atoms. The van der Waals surface area contributed by atoms with Crippen LogP contribution in [0.1, 0.15) is 15.9 Å². The van der Waals surface area contributed by atoms with Gasteiger partial charge in [0.2, 0.25) is 5.88 Å². The summed E-state index contributed by atoms with van der Waals surface area (Å²) in [6.45, 7) is -0.169. The van der Waals surface area contributed by atoms with Crippen LogP contribution >= 0.6 is 11.6 Å². The number of alkyl halides is 3. The zero-order valence-corrected chi connectivity index (χ0v) is 15.1. The zero-order valence-electron chi connectivity index (χ0n) is 14.4. The van der Waals surface area contributed by atoms with Crippen LogP contribution in [-0.4, -0.2) is 29.0 Å². The van der Waals surface area contributed by atoms with Crippen LogP contribution in [0.3, 0.4) is 0 Å². The van der Waals surface area contributed by atoms with Crippen molar-refractivity contribution in [3.05, 3.63) is 74.7 Å². The van der Waals surface area contributed by atoms with E-state index in [1.54, 1.807) is 0 Å². The first-order chi connectivity index (χ1) is 13.6. The quantitative estimate of drug-likeness (QED) is 0.306. The average Bonchev–Trinajstić information content (AvgIpc) is 2.64. The van der Waals surface area contributed by atoms with Crippen LogP contribution in [0.25, 0.3) is 0 Å². The van der Waals surface area contributed by atoms with E-state index in [4.69, 9.17) is 16.3 Å². The van der Waals surface area contributed by atoms with Crippen molar-refractivity contribution in [3.8, 4) is 5.88 Å². The number of benzene rings is 1. The maximum absolute atomic E-state index is 13.6. The van der Waals surface area contributed by atoms with Crippen LogP contribution < -0.4 is 10.1 Å². The Labute approximate surface area is 166 Å². The summed E-state index contributed by atoms with van der Waals surface area (Å²) < 4.78 is 56.3. The summed E-state index contributed by atoms with van der Waals surface area (Å²) >= 11 is 5.68. The number of halogens is 5. The Morgan fingerprint density at radius 1 is 1.31 bits per heavy atom. The lowest BCUT2D eigenvalue weighted by molar-refractivity contribution is -0.384. The summed E-state index contributed by atoms with van der Waals surface area (Å²) in [6, 6.07) is 3.25. The molecule has 1 aromatic carbocycles. The highest BCUT2D eigenvalue weighted by molar-refractivity contribution is 6.31. The minimum Gasteiger partial charge on any atom is -0.472 e. The number of aromatic nitrogens is 1. The average molecular weight is 434 g/mol. The van der Waals surface area contributed by atoms with Crippen molar-refractivity contribution in [3.63, 3.8) is 0 Å². The molecule has 0 aliphatic rings. The lowest BCUT2D eigenvalue weighted by Gasteiger charge is -2.09. The highest BCUT2D eigenvalue weighted by atomic mass is 35.5. The number of ether oxygens (including phenoxy) is 1. The van der Waals surface area contributed by atoms with Gasteiger partial charge in [-0.2, -0.15) is 13.2 Å². The molecule has 0 bridgehead atoms. The number of rotatable bonds is 7. The Balaban J connectivity index is 1.85. The smallest absolute Gasteiger partial charge is 0.417 e. The molecule has 1 amide bonds. The van der Waals surface area contributed by atoms with E-state index in [0.29, 0.717) is 12.3 Å². The number of nitrogens with one attached hydrogen (secondary N) is 1. The fourth-order valence-electron chi connectivity index (χ4n) is 2.01. The lowest BCUT2D eigenvalue weighted by atomic mass is 10.1. The molecule has 0 atom stereocenters. The normalized spacial score (nSPS) is 11.5. The molecule has 0 saturated heterocycles. The van der Waals surface area contributed by atoms with Gasteiger partial charge in [-0.15, -0.1) is 0 Å². The zero-order chi connectivity index (χ0) is 21.6. The first-order valence-electron chi connectivity index (χ1n) is 7.82. The summed E-state index contributed by atoms with van der Waals surface area (Å²) in [5.41, 5.74) is -1.92. The third-order valence-electron chi connectivity index (χ3n) is 3.40. The van der Waals surface area contributed by atoms with E-state index in [9.17, 15) is 32.5 Å². The molecule has 29 heavy (non-hydrogen) atoms. The predicted molar refractivity (Wildman–Crippen MR) is 94.3 cm³/mol. The largest absolute Gasteiger partial charge is 0.472 e. The molecule has 1 N–H and O–H groups in total. The number of non-ortho nitro benzene ring substituents is 1. The van der Waals surface area contributed by atoms with E-state index in [1.807, 2.05) is 0 Å². The molecule has 1 heterocycles. The summed E-state index contributed by atoms with van der Waals surface area (Å²) in [4.78, 5) is 25.3. The third kappa shape index (κ3) is 6.14. The van der Waals surface area contributed by atoms with Crippen molar-refractivity contribution in [2.24, 2.45) is 0 Å². The highest BCUT2D eigenvalue weighted by Crippen LogP contribution is 2.33. The fourth-order valence-corrected chi connectivity index (χ4v) is 2.23. The van der Waals surface area contributed by atoms with Gasteiger partial charge < -0.3 is 10.1 Å². The second kappa shape index (κ2) is 9.32. The number of hydrogen-bond acceptors (Lipinski definition) is 5. The summed E-state index contributed by atoms with van der Waals surface area (Å²) in [5, 5.41) is 12.7. The topological polar surface area (TPSA) is 94.4 Å². The van der Waals surface area contributed by atoms with E-state index in [1.165, 1.54) is 12.2 Å². The van der Waals surface area contributed by atoms with Crippen molar-refractivity contribution in [1.29, 1.82) is 0 Å². The Kier molecular flexibility index (Phi) is 7.10. The minimum absolute atomic E-state index is 0.0570. The first-order valence-corrected chi connectivity index (χ1v) is 8.20. The van der Waals surface area contributed by atoms with Gasteiger partial charge in [0.25, 0.3) is 11.6 Å². The molecule has 0 fully saturated rings. The van der Waals surface area contributed by atoms with Gasteiger partial charge in [0.15, 0.2) is 0 Å². The summed E-state index contributed by atoms with van der Waals surface area (Å²) in [6.07, 6.45) is -1.16. The second-order valence-corrected chi connectivity index (χ2v) is 5.83. The van der Waals surface area contributed by atoms with Crippen LogP contribution in [0.4, 0.5) is 23.2 Å². The number of hydrogen-bond donors (Lipinski definition) is 1. The molecular weight excluding hydrogens is 422 g/mol. The van der Waals surface area contributed by atoms with Crippen LogP contribution in [0.5, 0.6) is 5.88 Å². The molecule has 0 saturated carbocycles. The summed E-state index contributed by atoms with van der Waals surface area (Å²) in [5.74, 6) is -1.97. The van der Waals surface area contributed by atoms with E-state index in [2.05, 4.69) is 10.3 Å². The van der Waals surface area contributed by atoms with Crippen LogP contribution in [0.15, 0.2) is 42.6 Å². The Hall–Kier alpha value is -3.21. The van der Waals surface area contributed by atoms with Crippen LogP contribution in [0, 0.1) is 15.9 Å². The number of nitro benzene ring substituents is 1. The van der Waals surface area contributed by atoms with E-state index in [0.717, 1.165) is 18.2 Å². The fraction of sp³-hybridized carbons (Fsp3) is 0.176. The van der Waals surface area contributed by atoms with Crippen molar-refractivity contribution in [1.82, 2.24) is 10.3 Å². The van der Waals surface area contributed by atoms with Crippen LogP contribution in [-0.2, 0) is 6.18 Å². The number of amides is 1. The molecule has 1 aromatic heterocycles. The highest BCUT2D eigenvalue weighted by Gasteiger charge is 2.31. The van der Waals surface area contributed by atoms with E-state index >= 15 is 0 Å². The maximum Gasteiger partial charge on any atom is 0.417 e. The SMILES string of the molecule is O=C(NC/C=C\COc1ncc(C(F)(F)F)cc1Cl)c1cc([N+](=O)[O-])ccc1F. The van der Waals surface area contributed by atoms with E-state index in [-0.39, 0.29) is 24.1 Å². The molecule has 2 aromatic rings. The predicted octanol–water partition coefficient (Wildman–Crippen LogP) is 4.17. The number of nitrogens with zero attached hydrogens (tertiary/aromatic N) is 2. The van der Waals surface area contributed by atoms with Crippen molar-refractivity contribution >= 4 is 23.2 Å².